The molecule has 2 nitrogen and oxygen atoms in total. The zero-order valence-electron chi connectivity index (χ0n) is 10.6. The predicted octanol–water partition coefficient (Wildman–Crippen LogP) is 3.20. The molecule has 0 heterocycles. The van der Waals surface area contributed by atoms with Crippen LogP contribution < -0.4 is 0 Å². The van der Waals surface area contributed by atoms with Crippen LogP contribution in [0.4, 0.5) is 0 Å². The van der Waals surface area contributed by atoms with Crippen molar-refractivity contribution in [2.45, 2.75) is 39.0 Å². The van der Waals surface area contributed by atoms with E-state index in [0.717, 1.165) is 51.7 Å². The molecule has 0 rings (SSSR count). The summed E-state index contributed by atoms with van der Waals surface area (Å²) < 4.78 is 0. The number of hydrogen-bond donors (Lipinski definition) is 0. The summed E-state index contributed by atoms with van der Waals surface area (Å²) in [6.07, 6.45) is 8.80. The summed E-state index contributed by atoms with van der Waals surface area (Å²) in [5, 5.41) is 0. The Morgan fingerprint density at radius 3 is 2.06 bits per heavy atom. The summed E-state index contributed by atoms with van der Waals surface area (Å²) in [5.41, 5.74) is 0. The molecular formula is C14H25NO. The average Bonchev–Trinajstić information content (AvgIpc) is 2.26. The van der Waals surface area contributed by atoms with Gasteiger partial charge in [0.05, 0.1) is 0 Å². The van der Waals surface area contributed by atoms with E-state index in [2.05, 4.69) is 18.1 Å². The Morgan fingerprint density at radius 1 is 1.06 bits per heavy atom. The Hall–Kier alpha value is -0.890. The number of carbonyl (C=O) groups excluding carboxylic acids is 1. The van der Waals surface area contributed by atoms with Gasteiger partial charge in [-0.2, -0.15) is 0 Å². The van der Waals surface area contributed by atoms with Gasteiger partial charge in [0.25, 0.3) is 0 Å². The number of nitrogens with zero attached hydrogens (tertiary/aromatic N) is 1. The van der Waals surface area contributed by atoms with E-state index in [1.165, 1.54) is 0 Å². The molecule has 0 N–H and O–H groups in total. The summed E-state index contributed by atoms with van der Waals surface area (Å²) in [4.78, 5) is 13.2. The number of Topliss-reactive ketones (excluding diaryl/α,β-unsaturated/α-hetero) is 1. The topological polar surface area (TPSA) is 20.3 Å². The van der Waals surface area contributed by atoms with Crippen LogP contribution in [-0.4, -0.2) is 30.3 Å². The molecule has 0 aromatic carbocycles. The molecule has 0 atom stereocenters. The van der Waals surface area contributed by atoms with Crippen molar-refractivity contribution in [3.63, 3.8) is 0 Å². The third-order valence-corrected chi connectivity index (χ3v) is 2.55. The van der Waals surface area contributed by atoms with Gasteiger partial charge in [-0.15, -0.1) is 13.2 Å². The molecule has 0 saturated carbocycles. The highest BCUT2D eigenvalue weighted by Crippen LogP contribution is 2.02. The van der Waals surface area contributed by atoms with Crippen molar-refractivity contribution in [2.24, 2.45) is 0 Å². The zero-order chi connectivity index (χ0) is 12.2. The molecule has 92 valence electrons. The summed E-state index contributed by atoms with van der Waals surface area (Å²) in [5.74, 6) is 0.295. The minimum atomic E-state index is 0.295. The maximum atomic E-state index is 10.8. The molecule has 0 fully saturated rings. The van der Waals surface area contributed by atoms with E-state index in [-0.39, 0.29) is 0 Å². The molecule has 0 radical (unpaired) electrons. The van der Waals surface area contributed by atoms with Crippen LogP contribution in [0, 0.1) is 0 Å². The van der Waals surface area contributed by atoms with Crippen LogP contribution in [0.25, 0.3) is 0 Å². The van der Waals surface area contributed by atoms with Gasteiger partial charge in [-0.05, 0) is 39.2 Å². The molecular weight excluding hydrogens is 198 g/mol. The van der Waals surface area contributed by atoms with Crippen molar-refractivity contribution in [3.05, 3.63) is 25.3 Å². The van der Waals surface area contributed by atoms with Crippen molar-refractivity contribution in [3.8, 4) is 0 Å². The molecule has 0 saturated heterocycles. The molecule has 0 spiro atoms. The van der Waals surface area contributed by atoms with Crippen molar-refractivity contribution in [1.82, 2.24) is 4.90 Å². The van der Waals surface area contributed by atoms with Crippen molar-refractivity contribution in [1.29, 1.82) is 0 Å². The first-order chi connectivity index (χ1) is 7.70. The smallest absolute Gasteiger partial charge is 0.129 e. The van der Waals surface area contributed by atoms with Gasteiger partial charge in [0, 0.05) is 19.5 Å². The monoisotopic (exact) mass is 223 g/mol. The molecule has 16 heavy (non-hydrogen) atoms. The Kier molecular flexibility index (Phi) is 10.0. The minimum absolute atomic E-state index is 0.295. The maximum absolute atomic E-state index is 10.8. The third kappa shape index (κ3) is 9.66. The quantitative estimate of drug-likeness (QED) is 0.396. The van der Waals surface area contributed by atoms with Crippen LogP contribution >= 0.6 is 0 Å². The number of rotatable bonds is 11. The first-order valence-electron chi connectivity index (χ1n) is 6.14. The maximum Gasteiger partial charge on any atom is 0.129 e. The third-order valence-electron chi connectivity index (χ3n) is 2.55. The SMILES string of the molecule is C=CCCN(CCC=C)CCCCC(C)=O. The second kappa shape index (κ2) is 10.6. The molecule has 0 bridgehead atoms. The van der Waals surface area contributed by atoms with E-state index in [9.17, 15) is 4.79 Å². The van der Waals surface area contributed by atoms with Gasteiger partial charge in [0.15, 0.2) is 0 Å². The molecule has 0 amide bonds. The highest BCUT2D eigenvalue weighted by atomic mass is 16.1. The lowest BCUT2D eigenvalue weighted by molar-refractivity contribution is -0.117. The van der Waals surface area contributed by atoms with E-state index in [1.54, 1.807) is 6.92 Å². The average molecular weight is 223 g/mol. The standard InChI is InChI=1S/C14H25NO/c1-4-6-11-15(12-7-5-2)13-9-8-10-14(3)16/h4-5H,1-2,6-13H2,3H3. The number of unbranched alkanes of at least 4 members (excludes halogenated alkanes) is 1. The number of ketones is 1. The van der Waals surface area contributed by atoms with Crippen LogP contribution in [0.1, 0.15) is 39.0 Å². The van der Waals surface area contributed by atoms with Gasteiger partial charge < -0.3 is 9.69 Å². The normalized spacial score (nSPS) is 10.4. The van der Waals surface area contributed by atoms with E-state index < -0.39 is 0 Å². The summed E-state index contributed by atoms with van der Waals surface area (Å²) in [7, 11) is 0. The highest BCUT2D eigenvalue weighted by Gasteiger charge is 2.02. The van der Waals surface area contributed by atoms with Gasteiger partial charge in [0.2, 0.25) is 0 Å². The molecule has 0 aliphatic carbocycles. The largest absolute Gasteiger partial charge is 0.303 e. The lowest BCUT2D eigenvalue weighted by Crippen LogP contribution is -2.26. The van der Waals surface area contributed by atoms with Crippen LogP contribution in [-0.2, 0) is 4.79 Å². The Balaban J connectivity index is 3.67. The molecule has 2 heteroatoms. The molecule has 0 aromatic heterocycles. The molecule has 0 aromatic rings. The second-order valence-corrected chi connectivity index (χ2v) is 4.16. The zero-order valence-corrected chi connectivity index (χ0v) is 10.6. The summed E-state index contributed by atoms with van der Waals surface area (Å²) in [6.45, 7) is 12.4. The fraction of sp³-hybridized carbons (Fsp3) is 0.643. The van der Waals surface area contributed by atoms with Crippen molar-refractivity contribution >= 4 is 5.78 Å². The fourth-order valence-corrected chi connectivity index (χ4v) is 1.59. The first-order valence-corrected chi connectivity index (χ1v) is 6.14. The fourth-order valence-electron chi connectivity index (χ4n) is 1.59. The van der Waals surface area contributed by atoms with Crippen molar-refractivity contribution < 1.29 is 4.79 Å². The van der Waals surface area contributed by atoms with Gasteiger partial charge in [0.1, 0.15) is 5.78 Å². The van der Waals surface area contributed by atoms with E-state index in [4.69, 9.17) is 0 Å². The lowest BCUT2D eigenvalue weighted by atomic mass is 10.2. The molecule has 0 aliphatic heterocycles. The van der Waals surface area contributed by atoms with Crippen molar-refractivity contribution in [2.75, 3.05) is 19.6 Å². The Morgan fingerprint density at radius 2 is 1.62 bits per heavy atom. The van der Waals surface area contributed by atoms with Crippen LogP contribution in [0.5, 0.6) is 0 Å². The highest BCUT2D eigenvalue weighted by molar-refractivity contribution is 5.75. The second-order valence-electron chi connectivity index (χ2n) is 4.16. The van der Waals surface area contributed by atoms with Gasteiger partial charge in [-0.25, -0.2) is 0 Å². The van der Waals surface area contributed by atoms with Gasteiger partial charge in [-0.3, -0.25) is 0 Å². The summed E-state index contributed by atoms with van der Waals surface area (Å²) >= 11 is 0. The Labute approximate surface area is 100 Å². The van der Waals surface area contributed by atoms with Gasteiger partial charge >= 0.3 is 0 Å². The van der Waals surface area contributed by atoms with Crippen LogP contribution in [0.2, 0.25) is 0 Å². The number of carbonyl (C=O) groups is 1. The first kappa shape index (κ1) is 15.1. The van der Waals surface area contributed by atoms with Crippen LogP contribution in [0.15, 0.2) is 25.3 Å². The van der Waals surface area contributed by atoms with Crippen LogP contribution in [0.3, 0.4) is 0 Å². The number of hydrogen-bond acceptors (Lipinski definition) is 2. The van der Waals surface area contributed by atoms with Gasteiger partial charge in [-0.1, -0.05) is 12.2 Å². The van der Waals surface area contributed by atoms with E-state index in [1.807, 2.05) is 12.2 Å². The summed E-state index contributed by atoms with van der Waals surface area (Å²) in [6, 6.07) is 0. The minimum Gasteiger partial charge on any atom is -0.303 e. The Bertz CT molecular complexity index is 199. The predicted molar refractivity (Wildman–Crippen MR) is 70.6 cm³/mol. The molecule has 0 aliphatic rings. The van der Waals surface area contributed by atoms with E-state index >= 15 is 0 Å². The molecule has 0 unspecified atom stereocenters. The lowest BCUT2D eigenvalue weighted by Gasteiger charge is -2.20. The van der Waals surface area contributed by atoms with E-state index in [0.29, 0.717) is 5.78 Å².